The van der Waals surface area contributed by atoms with E-state index < -0.39 is 0 Å². The van der Waals surface area contributed by atoms with Crippen LogP contribution in [0.4, 0.5) is 0 Å². The summed E-state index contributed by atoms with van der Waals surface area (Å²) < 4.78 is 5.38. The van der Waals surface area contributed by atoms with Gasteiger partial charge in [0.05, 0.1) is 5.56 Å². The van der Waals surface area contributed by atoms with Crippen LogP contribution in [0.5, 0.6) is 0 Å². The maximum atomic E-state index is 12.1. The number of nitrogens with one attached hydrogen (secondary N) is 2. The zero-order chi connectivity index (χ0) is 15.7. The van der Waals surface area contributed by atoms with E-state index >= 15 is 0 Å². The number of fused-ring (bicyclic) bond motifs is 1. The van der Waals surface area contributed by atoms with E-state index in [1.165, 1.54) is 0 Å². The second-order valence-corrected chi connectivity index (χ2v) is 5.77. The van der Waals surface area contributed by atoms with Crippen molar-refractivity contribution in [1.82, 2.24) is 10.3 Å². The average Bonchev–Trinajstić information content (AvgIpc) is 3.02. The lowest BCUT2D eigenvalue weighted by atomic mass is 10.1. The highest BCUT2D eigenvalue weighted by molar-refractivity contribution is 6.31. The monoisotopic (exact) mass is 316 g/mol. The van der Waals surface area contributed by atoms with Crippen LogP contribution in [-0.4, -0.2) is 17.4 Å². The summed E-state index contributed by atoms with van der Waals surface area (Å²) in [5.41, 5.74) is 2.78. The molecule has 1 amide bonds. The largest absolute Gasteiger partial charge is 0.466 e. The molecular formula is C17H17ClN2O2. The molecule has 0 atom stereocenters. The molecule has 0 radical (unpaired) electrons. The Labute approximate surface area is 133 Å². The number of rotatable bonds is 4. The third-order valence-electron chi connectivity index (χ3n) is 3.69. The Balaban J connectivity index is 1.66. The van der Waals surface area contributed by atoms with Crippen molar-refractivity contribution in [3.8, 4) is 0 Å². The zero-order valence-electron chi connectivity index (χ0n) is 12.5. The first-order chi connectivity index (χ1) is 10.5. The summed E-state index contributed by atoms with van der Waals surface area (Å²) in [6.45, 7) is 4.19. The quantitative estimate of drug-likeness (QED) is 0.764. The lowest BCUT2D eigenvalue weighted by Crippen LogP contribution is -2.25. The van der Waals surface area contributed by atoms with E-state index in [0.717, 1.165) is 28.6 Å². The second kappa shape index (κ2) is 5.89. The highest BCUT2D eigenvalue weighted by Gasteiger charge is 2.13. The maximum Gasteiger partial charge on any atom is 0.254 e. The molecule has 3 rings (SSSR count). The molecule has 2 heterocycles. The molecule has 0 spiro atoms. The van der Waals surface area contributed by atoms with E-state index in [1.807, 2.05) is 31.3 Å². The van der Waals surface area contributed by atoms with Crippen LogP contribution in [-0.2, 0) is 6.42 Å². The Hall–Kier alpha value is -2.20. The lowest BCUT2D eigenvalue weighted by molar-refractivity contribution is 0.0952. The number of aromatic nitrogens is 1. The van der Waals surface area contributed by atoms with Crippen molar-refractivity contribution >= 4 is 28.4 Å². The van der Waals surface area contributed by atoms with E-state index in [4.69, 9.17) is 16.0 Å². The number of amides is 1. The van der Waals surface area contributed by atoms with Gasteiger partial charge in [0.25, 0.3) is 5.91 Å². The maximum absolute atomic E-state index is 12.1. The van der Waals surface area contributed by atoms with Crippen LogP contribution in [0.15, 0.2) is 34.9 Å². The third-order valence-corrected chi connectivity index (χ3v) is 3.93. The molecule has 4 nitrogen and oxygen atoms in total. The Bertz CT molecular complexity index is 832. The van der Waals surface area contributed by atoms with E-state index in [2.05, 4.69) is 10.3 Å². The van der Waals surface area contributed by atoms with Gasteiger partial charge < -0.3 is 14.7 Å². The number of benzene rings is 1. The summed E-state index contributed by atoms with van der Waals surface area (Å²) in [5, 5.41) is 4.73. The molecule has 0 aliphatic carbocycles. The minimum absolute atomic E-state index is 0.104. The first-order valence-corrected chi connectivity index (χ1v) is 7.53. The molecule has 0 aliphatic heterocycles. The predicted octanol–water partition coefficient (Wildman–Crippen LogP) is 4.00. The van der Waals surface area contributed by atoms with Gasteiger partial charge in [-0.25, -0.2) is 0 Å². The first kappa shape index (κ1) is 14.7. The average molecular weight is 317 g/mol. The summed E-state index contributed by atoms with van der Waals surface area (Å²) in [7, 11) is 0. The number of carbonyl (C=O) groups excluding carboxylic acids is 1. The minimum Gasteiger partial charge on any atom is -0.466 e. The molecule has 114 valence electrons. The number of hydrogen-bond donors (Lipinski definition) is 2. The number of aromatic amines is 1. The van der Waals surface area contributed by atoms with Gasteiger partial charge in [-0.1, -0.05) is 11.6 Å². The van der Waals surface area contributed by atoms with Crippen molar-refractivity contribution in [3.63, 3.8) is 0 Å². The van der Waals surface area contributed by atoms with Crippen LogP contribution in [0.3, 0.4) is 0 Å². The normalized spacial score (nSPS) is 11.0. The topological polar surface area (TPSA) is 58.0 Å². The van der Waals surface area contributed by atoms with Crippen molar-refractivity contribution < 1.29 is 9.21 Å². The predicted molar refractivity (Wildman–Crippen MR) is 87.5 cm³/mol. The van der Waals surface area contributed by atoms with Gasteiger partial charge in [-0.15, -0.1) is 0 Å². The van der Waals surface area contributed by atoms with Gasteiger partial charge in [-0.3, -0.25) is 4.79 Å². The number of carbonyl (C=O) groups is 1. The van der Waals surface area contributed by atoms with Gasteiger partial charge in [0, 0.05) is 28.7 Å². The van der Waals surface area contributed by atoms with Crippen LogP contribution in [0.1, 0.15) is 27.4 Å². The molecule has 0 bridgehead atoms. The van der Waals surface area contributed by atoms with Gasteiger partial charge in [-0.05, 0) is 50.1 Å². The van der Waals surface area contributed by atoms with E-state index in [0.29, 0.717) is 22.9 Å². The van der Waals surface area contributed by atoms with Crippen molar-refractivity contribution in [1.29, 1.82) is 0 Å². The SMILES string of the molecule is Cc1cc(C(=O)NCCc2c[nH]c3ccc(Cl)cc23)c(C)o1. The summed E-state index contributed by atoms with van der Waals surface area (Å²) >= 11 is 6.04. The van der Waals surface area contributed by atoms with Crippen LogP contribution in [0.25, 0.3) is 10.9 Å². The Kier molecular flexibility index (Phi) is 3.94. The van der Waals surface area contributed by atoms with Crippen LogP contribution >= 0.6 is 11.6 Å². The summed E-state index contributed by atoms with van der Waals surface area (Å²) in [5.74, 6) is 1.29. The molecule has 0 saturated carbocycles. The number of H-pyrrole nitrogens is 1. The van der Waals surface area contributed by atoms with Crippen LogP contribution < -0.4 is 5.32 Å². The number of furan rings is 1. The fourth-order valence-corrected chi connectivity index (χ4v) is 2.79. The fraction of sp³-hybridized carbons (Fsp3) is 0.235. The summed E-state index contributed by atoms with van der Waals surface area (Å²) in [6.07, 6.45) is 2.70. The lowest BCUT2D eigenvalue weighted by Gasteiger charge is -2.04. The molecule has 0 unspecified atom stereocenters. The summed E-state index contributed by atoms with van der Waals surface area (Å²) in [6, 6.07) is 7.51. The molecule has 22 heavy (non-hydrogen) atoms. The van der Waals surface area contributed by atoms with Crippen molar-refractivity contribution in [3.05, 3.63) is 58.1 Å². The fourth-order valence-electron chi connectivity index (χ4n) is 2.62. The Morgan fingerprint density at radius 1 is 1.32 bits per heavy atom. The molecule has 0 fully saturated rings. The van der Waals surface area contributed by atoms with E-state index in [9.17, 15) is 4.79 Å². The van der Waals surface area contributed by atoms with Crippen molar-refractivity contribution in [2.45, 2.75) is 20.3 Å². The molecule has 5 heteroatoms. The molecule has 2 aromatic heterocycles. The summed E-state index contributed by atoms with van der Waals surface area (Å²) in [4.78, 5) is 15.3. The number of halogens is 1. The number of aryl methyl sites for hydroxylation is 2. The molecule has 2 N–H and O–H groups in total. The van der Waals surface area contributed by atoms with Crippen molar-refractivity contribution in [2.24, 2.45) is 0 Å². The van der Waals surface area contributed by atoms with Crippen molar-refractivity contribution in [2.75, 3.05) is 6.54 Å². The first-order valence-electron chi connectivity index (χ1n) is 7.15. The molecular weight excluding hydrogens is 300 g/mol. The Morgan fingerprint density at radius 2 is 2.14 bits per heavy atom. The Morgan fingerprint density at radius 3 is 2.86 bits per heavy atom. The van der Waals surface area contributed by atoms with Gasteiger partial charge in [0.2, 0.25) is 0 Å². The molecule has 3 aromatic rings. The third kappa shape index (κ3) is 2.88. The molecule has 1 aromatic carbocycles. The standard InChI is InChI=1S/C17H17ClN2O2/c1-10-7-14(11(2)22-10)17(21)19-6-5-12-9-20-16-4-3-13(18)8-15(12)16/h3-4,7-9,20H,5-6H2,1-2H3,(H,19,21). The van der Waals surface area contributed by atoms with E-state index in [1.54, 1.807) is 13.0 Å². The van der Waals surface area contributed by atoms with Gasteiger partial charge in [0.15, 0.2) is 0 Å². The van der Waals surface area contributed by atoms with Gasteiger partial charge in [-0.2, -0.15) is 0 Å². The van der Waals surface area contributed by atoms with Crippen LogP contribution in [0.2, 0.25) is 5.02 Å². The second-order valence-electron chi connectivity index (χ2n) is 5.34. The molecule has 0 saturated heterocycles. The molecule has 0 aliphatic rings. The van der Waals surface area contributed by atoms with E-state index in [-0.39, 0.29) is 5.91 Å². The number of hydrogen-bond acceptors (Lipinski definition) is 2. The van der Waals surface area contributed by atoms with Crippen LogP contribution in [0, 0.1) is 13.8 Å². The minimum atomic E-state index is -0.104. The van der Waals surface area contributed by atoms with Gasteiger partial charge in [0.1, 0.15) is 11.5 Å². The highest BCUT2D eigenvalue weighted by Crippen LogP contribution is 2.22. The van der Waals surface area contributed by atoms with Gasteiger partial charge >= 0.3 is 0 Å². The highest BCUT2D eigenvalue weighted by atomic mass is 35.5. The zero-order valence-corrected chi connectivity index (χ0v) is 13.3. The smallest absolute Gasteiger partial charge is 0.254 e.